The van der Waals surface area contributed by atoms with Crippen LogP contribution in [0.25, 0.3) is 0 Å². The number of hydrogen-bond donors (Lipinski definition) is 0. The summed E-state index contributed by atoms with van der Waals surface area (Å²) >= 11 is 0. The second-order valence-electron chi connectivity index (χ2n) is 1.31. The third-order valence-corrected chi connectivity index (χ3v) is 1.24. The van der Waals surface area contributed by atoms with Gasteiger partial charge in [0.2, 0.25) is 0 Å². The highest BCUT2D eigenvalue weighted by atomic mass is 31.0. The predicted molar refractivity (Wildman–Crippen MR) is 32.7 cm³/mol. The van der Waals surface area contributed by atoms with Crippen molar-refractivity contribution >= 4 is 15.7 Å². The molecule has 0 saturated heterocycles. The first-order valence-corrected chi connectivity index (χ1v) is 2.60. The van der Waals surface area contributed by atoms with E-state index in [-0.39, 0.29) is 0 Å². The smallest absolute Gasteiger partial charge is 0.185 e. The van der Waals surface area contributed by atoms with Gasteiger partial charge in [0.1, 0.15) is 0 Å². The van der Waals surface area contributed by atoms with Crippen LogP contribution < -0.4 is 0 Å². The Balaban J connectivity index is 3.09. The standard InChI is InChI=1S/C4H5N2OP/c7-3-4-5-1-2-6(4)8/h1-3H,8H2. The molecule has 0 fully saturated rings. The number of rotatable bonds is 1. The van der Waals surface area contributed by atoms with Crippen LogP contribution in [0.3, 0.4) is 0 Å². The van der Waals surface area contributed by atoms with Crippen molar-refractivity contribution in [2.75, 3.05) is 0 Å². The predicted octanol–water partition coefficient (Wildman–Crippen LogP) is 0.334. The van der Waals surface area contributed by atoms with Crippen molar-refractivity contribution in [1.82, 2.24) is 9.32 Å². The van der Waals surface area contributed by atoms with Crippen LogP contribution in [0.4, 0.5) is 0 Å². The van der Waals surface area contributed by atoms with E-state index in [2.05, 4.69) is 14.4 Å². The van der Waals surface area contributed by atoms with Crippen molar-refractivity contribution in [3.05, 3.63) is 18.2 Å². The number of carbonyl (C=O) groups excluding carboxylic acids is 1. The molecule has 0 aliphatic carbocycles. The maximum absolute atomic E-state index is 9.99. The summed E-state index contributed by atoms with van der Waals surface area (Å²) in [4.78, 5) is 13.7. The van der Waals surface area contributed by atoms with E-state index in [1.54, 1.807) is 16.7 Å². The molecular weight excluding hydrogens is 123 g/mol. The SMILES string of the molecule is O=Cc1nccn1P. The lowest BCUT2D eigenvalue weighted by Crippen LogP contribution is -1.86. The van der Waals surface area contributed by atoms with Crippen LogP contribution in [0.1, 0.15) is 10.6 Å². The molecule has 0 aliphatic rings. The number of carbonyl (C=O) groups is 1. The summed E-state index contributed by atoms with van der Waals surface area (Å²) < 4.78 is 1.58. The second-order valence-corrected chi connectivity index (χ2v) is 1.87. The van der Waals surface area contributed by atoms with Gasteiger partial charge in [-0.15, -0.1) is 0 Å². The number of nitrogens with zero attached hydrogens (tertiary/aromatic N) is 2. The monoisotopic (exact) mass is 128 g/mol. The first kappa shape index (κ1) is 5.45. The van der Waals surface area contributed by atoms with E-state index in [4.69, 9.17) is 0 Å². The summed E-state index contributed by atoms with van der Waals surface area (Å²) in [6, 6.07) is 0. The molecule has 1 unspecified atom stereocenters. The molecule has 42 valence electrons. The molecule has 0 bridgehead atoms. The summed E-state index contributed by atoms with van der Waals surface area (Å²) in [6.45, 7) is 0. The van der Waals surface area contributed by atoms with Gasteiger partial charge in [0.05, 0.1) is 0 Å². The van der Waals surface area contributed by atoms with E-state index in [9.17, 15) is 4.79 Å². The molecule has 1 heterocycles. The molecule has 0 spiro atoms. The Labute approximate surface area is 49.0 Å². The molecule has 8 heavy (non-hydrogen) atoms. The van der Waals surface area contributed by atoms with E-state index < -0.39 is 0 Å². The van der Waals surface area contributed by atoms with Gasteiger partial charge in [-0.25, -0.2) is 4.98 Å². The van der Waals surface area contributed by atoms with Crippen molar-refractivity contribution in [3.63, 3.8) is 0 Å². The molecule has 0 radical (unpaired) electrons. The highest BCUT2D eigenvalue weighted by Gasteiger charge is 1.91. The summed E-state index contributed by atoms with van der Waals surface area (Å²) in [5.41, 5.74) is 0. The van der Waals surface area contributed by atoms with E-state index >= 15 is 0 Å². The number of aldehydes is 1. The van der Waals surface area contributed by atoms with Crippen molar-refractivity contribution < 1.29 is 4.79 Å². The van der Waals surface area contributed by atoms with E-state index in [0.717, 1.165) is 0 Å². The maximum atomic E-state index is 9.99. The van der Waals surface area contributed by atoms with Gasteiger partial charge in [-0.1, -0.05) is 0 Å². The summed E-state index contributed by atoms with van der Waals surface area (Å²) in [7, 11) is 2.34. The minimum absolute atomic E-state index is 0.426. The fourth-order valence-electron chi connectivity index (χ4n) is 0.416. The van der Waals surface area contributed by atoms with Crippen molar-refractivity contribution in [3.8, 4) is 0 Å². The lowest BCUT2D eigenvalue weighted by molar-refractivity contribution is 0.111. The Morgan fingerprint density at radius 3 is 2.88 bits per heavy atom. The van der Waals surface area contributed by atoms with Crippen LogP contribution in [-0.2, 0) is 0 Å². The van der Waals surface area contributed by atoms with E-state index in [0.29, 0.717) is 12.1 Å². The Bertz CT molecular complexity index is 196. The molecule has 0 aliphatic heterocycles. The lowest BCUT2D eigenvalue weighted by atomic mass is 10.7. The number of hydrogen-bond acceptors (Lipinski definition) is 2. The third kappa shape index (κ3) is 0.771. The molecule has 0 amide bonds. The highest BCUT2D eigenvalue weighted by molar-refractivity contribution is 7.14. The minimum atomic E-state index is 0.426. The van der Waals surface area contributed by atoms with Crippen molar-refractivity contribution in [2.24, 2.45) is 0 Å². The van der Waals surface area contributed by atoms with Crippen LogP contribution in [0.15, 0.2) is 12.4 Å². The summed E-state index contributed by atoms with van der Waals surface area (Å²) in [6.07, 6.45) is 3.96. The van der Waals surface area contributed by atoms with Crippen LogP contribution >= 0.6 is 9.39 Å². The highest BCUT2D eigenvalue weighted by Crippen LogP contribution is 1.96. The normalized spacial score (nSPS) is 9.12. The fraction of sp³-hybridized carbons (Fsp3) is 0. The summed E-state index contributed by atoms with van der Waals surface area (Å²) in [5, 5.41) is 0. The molecule has 3 nitrogen and oxygen atoms in total. The molecule has 4 heteroatoms. The Morgan fingerprint density at radius 1 is 1.88 bits per heavy atom. The fourth-order valence-corrected chi connectivity index (χ4v) is 0.620. The van der Waals surface area contributed by atoms with Gasteiger partial charge in [-0.05, 0) is 9.39 Å². The average Bonchev–Trinajstić information content (AvgIpc) is 2.14. The zero-order valence-electron chi connectivity index (χ0n) is 4.11. The molecular formula is C4H5N2OP. The maximum Gasteiger partial charge on any atom is 0.185 e. The van der Waals surface area contributed by atoms with Crippen molar-refractivity contribution in [2.45, 2.75) is 0 Å². The third-order valence-electron chi connectivity index (χ3n) is 0.804. The zero-order valence-corrected chi connectivity index (χ0v) is 5.27. The summed E-state index contributed by atoms with van der Waals surface area (Å²) in [5.74, 6) is 0.426. The molecule has 0 aromatic carbocycles. The van der Waals surface area contributed by atoms with Crippen molar-refractivity contribution in [1.29, 1.82) is 0 Å². The van der Waals surface area contributed by atoms with Gasteiger partial charge >= 0.3 is 0 Å². The quantitative estimate of drug-likeness (QED) is 0.403. The molecule has 1 aromatic rings. The van der Waals surface area contributed by atoms with Gasteiger partial charge in [-0.3, -0.25) is 4.79 Å². The van der Waals surface area contributed by atoms with Crippen LogP contribution in [0, 0.1) is 0 Å². The lowest BCUT2D eigenvalue weighted by Gasteiger charge is -1.86. The number of imidazole rings is 1. The van der Waals surface area contributed by atoms with Gasteiger partial charge in [0, 0.05) is 12.4 Å². The van der Waals surface area contributed by atoms with Gasteiger partial charge in [0.15, 0.2) is 12.1 Å². The first-order valence-electron chi connectivity index (χ1n) is 2.08. The Hall–Kier alpha value is -0.690. The number of aromatic nitrogens is 2. The topological polar surface area (TPSA) is 34.9 Å². The molecule has 1 atom stereocenters. The van der Waals surface area contributed by atoms with Gasteiger partial charge < -0.3 is 4.34 Å². The van der Waals surface area contributed by atoms with Crippen LogP contribution in [0.5, 0.6) is 0 Å². The molecule has 0 N–H and O–H groups in total. The second kappa shape index (κ2) is 2.05. The average molecular weight is 128 g/mol. The van der Waals surface area contributed by atoms with E-state index in [1.807, 2.05) is 0 Å². The molecule has 1 aromatic heterocycles. The van der Waals surface area contributed by atoms with Crippen LogP contribution in [0.2, 0.25) is 0 Å². The van der Waals surface area contributed by atoms with Gasteiger partial charge in [-0.2, -0.15) is 0 Å². The molecule has 0 saturated carbocycles. The molecule has 1 rings (SSSR count). The minimum Gasteiger partial charge on any atom is -0.313 e. The van der Waals surface area contributed by atoms with E-state index in [1.165, 1.54) is 0 Å². The first-order chi connectivity index (χ1) is 3.84. The Morgan fingerprint density at radius 2 is 2.62 bits per heavy atom. The zero-order chi connectivity index (χ0) is 5.98. The van der Waals surface area contributed by atoms with Crippen LogP contribution in [-0.4, -0.2) is 15.6 Å². The largest absolute Gasteiger partial charge is 0.313 e. The van der Waals surface area contributed by atoms with Gasteiger partial charge in [0.25, 0.3) is 0 Å². The Kier molecular flexibility index (Phi) is 1.40.